The van der Waals surface area contributed by atoms with Gasteiger partial charge in [0, 0.05) is 26.2 Å². The highest BCUT2D eigenvalue weighted by Gasteiger charge is 2.40. The van der Waals surface area contributed by atoms with Crippen LogP contribution >= 0.6 is 0 Å². The number of primary amides is 1. The second kappa shape index (κ2) is 5.55. The number of nitrogens with two attached hydrogens (primary N) is 2. The first-order valence-electron chi connectivity index (χ1n) is 6.91. The van der Waals surface area contributed by atoms with Gasteiger partial charge < -0.3 is 21.1 Å². The molecule has 0 aromatic rings. The largest absolute Gasteiger partial charge is 0.381 e. The predicted octanol–water partition coefficient (Wildman–Crippen LogP) is 0.223. The maximum Gasteiger partial charge on any atom is 0.237 e. The third-order valence-electron chi connectivity index (χ3n) is 4.58. The molecule has 1 aliphatic carbocycles. The number of piperidine rings is 1. The number of likely N-dealkylation sites (tertiary alicyclic amines) is 1. The lowest BCUT2D eigenvalue weighted by Gasteiger charge is -2.43. The molecule has 0 spiro atoms. The molecule has 1 saturated carbocycles. The van der Waals surface area contributed by atoms with Gasteiger partial charge in [0.1, 0.15) is 0 Å². The molecule has 4 N–H and O–H groups in total. The van der Waals surface area contributed by atoms with E-state index in [2.05, 4.69) is 4.90 Å². The second-order valence-corrected chi connectivity index (χ2v) is 5.74. The van der Waals surface area contributed by atoms with Crippen LogP contribution in [0.2, 0.25) is 0 Å². The van der Waals surface area contributed by atoms with Gasteiger partial charge in [-0.05, 0) is 38.5 Å². The third-order valence-corrected chi connectivity index (χ3v) is 4.58. The quantitative estimate of drug-likeness (QED) is 0.756. The average Bonchev–Trinajstić information content (AvgIpc) is 2.39. The van der Waals surface area contributed by atoms with Crippen LogP contribution in [0.15, 0.2) is 0 Å². The number of methoxy groups -OCH3 is 1. The average molecular weight is 255 g/mol. The van der Waals surface area contributed by atoms with Gasteiger partial charge in [0.2, 0.25) is 5.91 Å². The van der Waals surface area contributed by atoms with Crippen LogP contribution in [-0.2, 0) is 9.53 Å². The van der Waals surface area contributed by atoms with Crippen LogP contribution in [0.1, 0.15) is 38.5 Å². The number of carbonyl (C=O) groups excluding carboxylic acids is 1. The summed E-state index contributed by atoms with van der Waals surface area (Å²) in [6, 6.07) is 0.411. The van der Waals surface area contributed by atoms with Gasteiger partial charge >= 0.3 is 0 Å². The molecule has 5 heteroatoms. The van der Waals surface area contributed by atoms with E-state index in [-0.39, 0.29) is 5.91 Å². The first kappa shape index (κ1) is 13.8. The summed E-state index contributed by atoms with van der Waals surface area (Å²) < 4.78 is 5.38. The Morgan fingerprint density at radius 2 is 2.00 bits per heavy atom. The predicted molar refractivity (Wildman–Crippen MR) is 70.0 cm³/mol. The fourth-order valence-electron chi connectivity index (χ4n) is 3.29. The number of ether oxygens (including phenoxy) is 1. The van der Waals surface area contributed by atoms with Crippen molar-refractivity contribution in [2.75, 3.05) is 20.2 Å². The number of carbonyl (C=O) groups is 1. The summed E-state index contributed by atoms with van der Waals surface area (Å²) in [4.78, 5) is 13.9. The number of hydrogen-bond donors (Lipinski definition) is 2. The zero-order valence-electron chi connectivity index (χ0n) is 11.2. The molecule has 2 fully saturated rings. The molecule has 1 heterocycles. The van der Waals surface area contributed by atoms with Crippen LogP contribution in [-0.4, -0.2) is 48.7 Å². The Balaban J connectivity index is 1.92. The Bertz CT molecular complexity index is 303. The van der Waals surface area contributed by atoms with Gasteiger partial charge in [0.15, 0.2) is 0 Å². The summed E-state index contributed by atoms with van der Waals surface area (Å²) in [6.07, 6.45) is 6.09. The summed E-state index contributed by atoms with van der Waals surface area (Å²) in [5.74, 6) is -0.348. The van der Waals surface area contributed by atoms with Crippen molar-refractivity contribution in [1.82, 2.24) is 4.90 Å². The lowest BCUT2D eigenvalue weighted by Crippen LogP contribution is -2.59. The smallest absolute Gasteiger partial charge is 0.237 e. The van der Waals surface area contributed by atoms with E-state index in [1.807, 2.05) is 0 Å². The first-order valence-corrected chi connectivity index (χ1v) is 6.91. The normalized spacial score (nSPS) is 35.6. The van der Waals surface area contributed by atoms with Gasteiger partial charge in [-0.25, -0.2) is 0 Å². The Labute approximate surface area is 109 Å². The topological polar surface area (TPSA) is 81.6 Å². The Morgan fingerprint density at radius 1 is 1.33 bits per heavy atom. The van der Waals surface area contributed by atoms with Crippen molar-refractivity contribution in [1.29, 1.82) is 0 Å². The lowest BCUT2D eigenvalue weighted by atomic mass is 9.78. The molecule has 2 aliphatic rings. The third kappa shape index (κ3) is 2.84. The van der Waals surface area contributed by atoms with E-state index in [0.29, 0.717) is 18.6 Å². The summed E-state index contributed by atoms with van der Waals surface area (Å²) in [7, 11) is 1.78. The van der Waals surface area contributed by atoms with Crippen LogP contribution in [0.5, 0.6) is 0 Å². The highest BCUT2D eigenvalue weighted by molar-refractivity contribution is 5.84. The fraction of sp³-hybridized carbons (Fsp3) is 0.923. The summed E-state index contributed by atoms with van der Waals surface area (Å²) in [5.41, 5.74) is 10.8. The Kier molecular flexibility index (Phi) is 4.25. The number of rotatable bonds is 3. The Hall–Kier alpha value is -0.650. The molecule has 2 atom stereocenters. The SMILES string of the molecule is COC1CCN(C2CCCC(N)(C(N)=O)C2)CC1. The molecular formula is C13H25N3O2. The van der Waals surface area contributed by atoms with Gasteiger partial charge in [-0.15, -0.1) is 0 Å². The van der Waals surface area contributed by atoms with Crippen LogP contribution < -0.4 is 11.5 Å². The highest BCUT2D eigenvalue weighted by Crippen LogP contribution is 2.31. The van der Waals surface area contributed by atoms with Crippen LogP contribution in [0.25, 0.3) is 0 Å². The molecule has 0 aromatic heterocycles. The molecule has 18 heavy (non-hydrogen) atoms. The second-order valence-electron chi connectivity index (χ2n) is 5.74. The summed E-state index contributed by atoms with van der Waals surface area (Å²) in [6.45, 7) is 2.08. The van der Waals surface area contributed by atoms with Crippen molar-refractivity contribution in [3.8, 4) is 0 Å². The van der Waals surface area contributed by atoms with E-state index < -0.39 is 5.54 Å². The van der Waals surface area contributed by atoms with E-state index in [9.17, 15) is 4.79 Å². The lowest BCUT2D eigenvalue weighted by molar-refractivity contribution is -0.125. The maximum absolute atomic E-state index is 11.5. The molecule has 0 radical (unpaired) electrons. The molecule has 2 rings (SSSR count). The highest BCUT2D eigenvalue weighted by atomic mass is 16.5. The summed E-state index contributed by atoms with van der Waals surface area (Å²) in [5, 5.41) is 0. The zero-order valence-corrected chi connectivity index (χ0v) is 11.2. The van der Waals surface area contributed by atoms with E-state index >= 15 is 0 Å². The molecule has 5 nitrogen and oxygen atoms in total. The number of nitrogens with zero attached hydrogens (tertiary/aromatic N) is 1. The standard InChI is InChI=1S/C13H25N3O2/c1-18-11-4-7-16(8-5-11)10-3-2-6-13(15,9-10)12(14)17/h10-11H,2-9,15H2,1H3,(H2,14,17). The Morgan fingerprint density at radius 3 is 2.56 bits per heavy atom. The van der Waals surface area contributed by atoms with Crippen molar-refractivity contribution in [3.63, 3.8) is 0 Å². The van der Waals surface area contributed by atoms with Gasteiger partial charge in [-0.2, -0.15) is 0 Å². The van der Waals surface area contributed by atoms with Crippen molar-refractivity contribution in [2.24, 2.45) is 11.5 Å². The minimum atomic E-state index is -0.791. The van der Waals surface area contributed by atoms with Crippen molar-refractivity contribution in [3.05, 3.63) is 0 Å². The molecule has 0 aromatic carbocycles. The molecule has 2 unspecified atom stereocenters. The maximum atomic E-state index is 11.5. The molecule has 1 aliphatic heterocycles. The van der Waals surface area contributed by atoms with E-state index in [1.54, 1.807) is 7.11 Å². The minimum Gasteiger partial charge on any atom is -0.381 e. The number of amides is 1. The van der Waals surface area contributed by atoms with Gasteiger partial charge in [-0.3, -0.25) is 4.79 Å². The molecule has 0 bridgehead atoms. The van der Waals surface area contributed by atoms with Crippen molar-refractivity contribution >= 4 is 5.91 Å². The van der Waals surface area contributed by atoms with Crippen LogP contribution in [0, 0.1) is 0 Å². The molecular weight excluding hydrogens is 230 g/mol. The van der Waals surface area contributed by atoms with Gasteiger partial charge in [0.25, 0.3) is 0 Å². The van der Waals surface area contributed by atoms with Crippen molar-refractivity contribution < 1.29 is 9.53 Å². The van der Waals surface area contributed by atoms with Crippen LogP contribution in [0.3, 0.4) is 0 Å². The van der Waals surface area contributed by atoms with Crippen LogP contribution in [0.4, 0.5) is 0 Å². The molecule has 1 saturated heterocycles. The van der Waals surface area contributed by atoms with E-state index in [1.165, 1.54) is 0 Å². The first-order chi connectivity index (χ1) is 8.55. The minimum absolute atomic E-state index is 0.348. The molecule has 104 valence electrons. The zero-order chi connectivity index (χ0) is 13.2. The van der Waals surface area contributed by atoms with E-state index in [0.717, 1.165) is 45.2 Å². The van der Waals surface area contributed by atoms with Gasteiger partial charge in [0.05, 0.1) is 11.6 Å². The van der Waals surface area contributed by atoms with E-state index in [4.69, 9.17) is 16.2 Å². The fourth-order valence-corrected chi connectivity index (χ4v) is 3.29. The summed E-state index contributed by atoms with van der Waals surface area (Å²) >= 11 is 0. The molecule has 1 amide bonds. The monoisotopic (exact) mass is 255 g/mol. The van der Waals surface area contributed by atoms with Gasteiger partial charge in [-0.1, -0.05) is 0 Å². The van der Waals surface area contributed by atoms with Crippen molar-refractivity contribution in [2.45, 2.75) is 56.2 Å². The number of hydrogen-bond acceptors (Lipinski definition) is 4.